The number of aliphatic hydroxyl groups excluding tert-OH is 2. The van der Waals surface area contributed by atoms with Crippen molar-refractivity contribution >= 4 is 72.9 Å². The Morgan fingerprint density at radius 2 is 1.17 bits per heavy atom. The van der Waals surface area contributed by atoms with Crippen LogP contribution in [-0.4, -0.2) is 112 Å². The number of halogens is 2. The minimum absolute atomic E-state index is 0.288. The summed E-state index contributed by atoms with van der Waals surface area (Å²) < 4.78 is 77.5. The molecule has 6 heterocycles. The average Bonchev–Trinajstić information content (AvgIpc) is 3.83. The van der Waals surface area contributed by atoms with Crippen LogP contribution in [-0.2, 0) is 27.7 Å². The number of anilines is 2. The SMILES string of the molecule is O=[P+](S)O[C@@H]1[C@@H](CO)OC(n2cnc3c(NCCCCNc4ncnc5c4ncn5[C@@H]4O[C@H](CO)[C@@H](O[P+](=O)S)[C@H]4F)ncnc32)[C@@H]1F. The second-order valence-corrected chi connectivity index (χ2v) is 14.0. The molecule has 2 aliphatic rings. The van der Waals surface area contributed by atoms with Gasteiger partial charge < -0.3 is 30.3 Å². The second kappa shape index (κ2) is 15.4. The maximum absolute atomic E-state index is 15.2. The molecule has 24 heteroatoms. The number of ether oxygens (including phenoxy) is 2. The van der Waals surface area contributed by atoms with Gasteiger partial charge in [0.1, 0.15) is 49.4 Å². The Morgan fingerprint density at radius 3 is 1.54 bits per heavy atom. The third kappa shape index (κ3) is 7.09. The van der Waals surface area contributed by atoms with E-state index in [0.29, 0.717) is 48.6 Å². The van der Waals surface area contributed by atoms with E-state index < -0.39 is 76.9 Å². The molecule has 2 aliphatic heterocycles. The van der Waals surface area contributed by atoms with E-state index in [0.717, 1.165) is 0 Å². The molecule has 2 fully saturated rings. The van der Waals surface area contributed by atoms with E-state index in [1.54, 1.807) is 0 Å². The standard InChI is InChI=1S/C24H28F2N10O8P2S2/c25-13-17(43-45(39)47)11(5-37)41-23(13)35-9-33-15-19(29-7-31-21(15)35)27-3-1-2-4-28-20-16-22(32-8-30-20)36(10-34-16)24-14(26)18(44-46(40)48)12(6-38)42-24/h7-14,17-18,23-24,37-38H,1-6H2,(H2-2,27,28,29,30,31,32,39,40,47,48)/p+2/t11-,12-,13-,14-,17-,18-,23-,24?/m1/s1. The van der Waals surface area contributed by atoms with E-state index in [2.05, 4.69) is 65.0 Å². The third-order valence-electron chi connectivity index (χ3n) is 7.77. The topological polar surface area (TPSA) is 223 Å². The summed E-state index contributed by atoms with van der Waals surface area (Å²) in [6.45, 7) is -0.0953. The average molecular weight is 751 g/mol. The summed E-state index contributed by atoms with van der Waals surface area (Å²) in [5.74, 6) is 0.844. The second-order valence-electron chi connectivity index (χ2n) is 10.7. The van der Waals surface area contributed by atoms with Gasteiger partial charge in [-0.2, -0.15) is 0 Å². The highest BCUT2D eigenvalue weighted by atomic mass is 32.7. The Balaban J connectivity index is 1.04. The molecular formula is C24H30F2N10O8P2S2+2. The van der Waals surface area contributed by atoms with Crippen LogP contribution in [0.3, 0.4) is 0 Å². The van der Waals surface area contributed by atoms with Crippen LogP contribution in [0.25, 0.3) is 22.3 Å². The number of nitrogens with one attached hydrogen (secondary N) is 2. The molecular weight excluding hydrogens is 720 g/mol. The van der Waals surface area contributed by atoms with Crippen LogP contribution < -0.4 is 10.6 Å². The van der Waals surface area contributed by atoms with Crippen molar-refractivity contribution in [3.8, 4) is 0 Å². The monoisotopic (exact) mass is 750 g/mol. The fraction of sp³-hybridized carbons (Fsp3) is 0.583. The molecule has 18 nitrogen and oxygen atoms in total. The molecule has 0 aliphatic carbocycles. The molecule has 3 unspecified atom stereocenters. The number of rotatable bonds is 15. The van der Waals surface area contributed by atoms with Gasteiger partial charge in [-0.1, -0.05) is 0 Å². The quantitative estimate of drug-likeness (QED) is 0.0584. The van der Waals surface area contributed by atoms with Gasteiger partial charge in [0, 0.05) is 13.1 Å². The number of hydrogen-bond acceptors (Lipinski definition) is 16. The van der Waals surface area contributed by atoms with Crippen LogP contribution in [0.15, 0.2) is 25.3 Å². The molecule has 48 heavy (non-hydrogen) atoms. The highest BCUT2D eigenvalue weighted by Crippen LogP contribution is 2.42. The molecule has 0 spiro atoms. The van der Waals surface area contributed by atoms with Crippen LogP contribution in [0, 0.1) is 0 Å². The molecule has 4 aromatic rings. The summed E-state index contributed by atoms with van der Waals surface area (Å²) in [6.07, 6.45) is -4.02. The zero-order chi connectivity index (χ0) is 33.9. The summed E-state index contributed by atoms with van der Waals surface area (Å²) >= 11 is 7.36. The number of aromatic nitrogens is 8. The van der Waals surface area contributed by atoms with Gasteiger partial charge in [0.2, 0.25) is 0 Å². The van der Waals surface area contributed by atoms with Gasteiger partial charge in [-0.15, -0.1) is 9.05 Å². The van der Waals surface area contributed by atoms with Crippen molar-refractivity contribution < 1.29 is 46.6 Å². The number of nitrogens with zero attached hydrogens (tertiary/aromatic N) is 8. The van der Waals surface area contributed by atoms with E-state index in [-0.39, 0.29) is 11.3 Å². The molecule has 0 bridgehead atoms. The third-order valence-corrected chi connectivity index (χ3v) is 9.19. The van der Waals surface area contributed by atoms with Crippen molar-refractivity contribution in [2.75, 3.05) is 36.9 Å². The van der Waals surface area contributed by atoms with Crippen molar-refractivity contribution in [1.29, 1.82) is 0 Å². The van der Waals surface area contributed by atoms with E-state index >= 15 is 8.78 Å². The van der Waals surface area contributed by atoms with Crippen LogP contribution in [0.5, 0.6) is 0 Å². The first-order chi connectivity index (χ1) is 23.2. The molecule has 10 atom stereocenters. The summed E-state index contributed by atoms with van der Waals surface area (Å²) in [5, 5.41) is 25.6. The maximum Gasteiger partial charge on any atom is 0.582 e. The Morgan fingerprint density at radius 1 is 0.750 bits per heavy atom. The van der Waals surface area contributed by atoms with Gasteiger partial charge in [0.25, 0.3) is 0 Å². The molecule has 6 rings (SSSR count). The van der Waals surface area contributed by atoms with Crippen molar-refractivity contribution in [3.63, 3.8) is 0 Å². The fourth-order valence-electron chi connectivity index (χ4n) is 5.59. The Bertz CT molecular complexity index is 1650. The predicted molar refractivity (Wildman–Crippen MR) is 172 cm³/mol. The minimum Gasteiger partial charge on any atom is -0.394 e. The first-order valence-electron chi connectivity index (χ1n) is 14.5. The molecule has 0 radical (unpaired) electrons. The zero-order valence-corrected chi connectivity index (χ0v) is 28.2. The van der Waals surface area contributed by atoms with Crippen molar-refractivity contribution in [2.24, 2.45) is 0 Å². The first-order valence-corrected chi connectivity index (χ1v) is 19.2. The highest BCUT2D eigenvalue weighted by molar-refractivity contribution is 8.39. The minimum atomic E-state index is -2.43. The molecule has 4 N–H and O–H groups in total. The lowest BCUT2D eigenvalue weighted by Crippen LogP contribution is -2.31. The van der Waals surface area contributed by atoms with Crippen LogP contribution >= 0.6 is 39.0 Å². The number of thiol groups is 2. The van der Waals surface area contributed by atoms with Crippen LogP contribution in [0.2, 0.25) is 0 Å². The van der Waals surface area contributed by atoms with Crippen LogP contribution in [0.4, 0.5) is 20.4 Å². The molecule has 2 saturated heterocycles. The number of hydrogen-bond donors (Lipinski definition) is 6. The number of aliphatic hydroxyl groups is 2. The number of fused-ring (bicyclic) bond motifs is 2. The molecule has 4 aromatic heterocycles. The van der Waals surface area contributed by atoms with Gasteiger partial charge >= 0.3 is 14.5 Å². The van der Waals surface area contributed by atoms with E-state index in [4.69, 9.17) is 18.5 Å². The summed E-state index contributed by atoms with van der Waals surface area (Å²) in [6, 6.07) is 0. The van der Waals surface area contributed by atoms with Crippen molar-refractivity contribution in [3.05, 3.63) is 25.3 Å². The summed E-state index contributed by atoms with van der Waals surface area (Å²) in [7, 11) is -4.85. The summed E-state index contributed by atoms with van der Waals surface area (Å²) in [5.41, 5.74) is 1.33. The maximum atomic E-state index is 15.2. The Labute approximate surface area is 282 Å². The van der Waals surface area contributed by atoms with Crippen molar-refractivity contribution in [2.45, 2.75) is 62.1 Å². The smallest absolute Gasteiger partial charge is 0.394 e. The molecule has 0 aromatic carbocycles. The largest absolute Gasteiger partial charge is 0.582 e. The Hall–Kier alpha value is -2.78. The molecule has 0 saturated carbocycles. The number of unbranched alkanes of at least 4 members (excludes halogenated alkanes) is 1. The Kier molecular flexibility index (Phi) is 11.3. The van der Waals surface area contributed by atoms with Gasteiger partial charge in [-0.05, 0) is 22.0 Å². The predicted octanol–water partition coefficient (Wildman–Crippen LogP) is 2.67. The van der Waals surface area contributed by atoms with Crippen LogP contribution in [0.1, 0.15) is 25.3 Å². The fourth-order valence-corrected chi connectivity index (χ4v) is 7.16. The first kappa shape index (κ1) is 35.1. The lowest BCUT2D eigenvalue weighted by Gasteiger charge is -2.15. The van der Waals surface area contributed by atoms with Gasteiger partial charge in [-0.25, -0.2) is 38.7 Å². The van der Waals surface area contributed by atoms with Gasteiger partial charge in [0.15, 0.2) is 71.0 Å². The van der Waals surface area contributed by atoms with E-state index in [9.17, 15) is 19.3 Å². The van der Waals surface area contributed by atoms with Crippen molar-refractivity contribution in [1.82, 2.24) is 39.0 Å². The number of imidazole rings is 2. The lowest BCUT2D eigenvalue weighted by molar-refractivity contribution is -0.0427. The van der Waals surface area contributed by atoms with Gasteiger partial charge in [0.05, 0.1) is 25.9 Å². The molecule has 0 amide bonds. The normalized spacial score (nSPS) is 28.0. The zero-order valence-electron chi connectivity index (χ0n) is 24.6. The van der Waals surface area contributed by atoms with E-state index in [1.165, 1.54) is 34.4 Å². The van der Waals surface area contributed by atoms with E-state index in [1.807, 2.05) is 0 Å². The highest BCUT2D eigenvalue weighted by Gasteiger charge is 2.52. The lowest BCUT2D eigenvalue weighted by atomic mass is 10.1. The molecule has 258 valence electrons. The summed E-state index contributed by atoms with van der Waals surface area (Å²) in [4.78, 5) is 25.6. The van der Waals surface area contributed by atoms with Gasteiger partial charge in [-0.3, -0.25) is 9.13 Å². The number of alkyl halides is 2.